The van der Waals surface area contributed by atoms with E-state index < -0.39 is 0 Å². The first-order valence-corrected chi connectivity index (χ1v) is 5.88. The quantitative estimate of drug-likeness (QED) is 0.802. The van der Waals surface area contributed by atoms with E-state index in [9.17, 15) is 5.11 Å². The van der Waals surface area contributed by atoms with Crippen molar-refractivity contribution in [3.63, 3.8) is 0 Å². The second-order valence-corrected chi connectivity index (χ2v) is 4.21. The summed E-state index contributed by atoms with van der Waals surface area (Å²) in [5.41, 5.74) is 2.21. The van der Waals surface area contributed by atoms with E-state index in [-0.39, 0.29) is 0 Å². The van der Waals surface area contributed by atoms with Crippen LogP contribution in [0.3, 0.4) is 0 Å². The Morgan fingerprint density at radius 1 is 1.20 bits per heavy atom. The average Bonchev–Trinajstić information content (AvgIpc) is 2.30. The molecule has 2 rings (SSSR count). The van der Waals surface area contributed by atoms with Crippen molar-refractivity contribution in [2.24, 2.45) is 0 Å². The standard InChI is InChI=1S/C13H19NO/c1-2-11-6-7-12(10-13(11)15)14-8-4-3-5-9-14/h6-7,10,15H,2-5,8-9H2,1H3. The predicted molar refractivity (Wildman–Crippen MR) is 63.5 cm³/mol. The Labute approximate surface area is 91.5 Å². The van der Waals surface area contributed by atoms with Crippen molar-refractivity contribution in [2.45, 2.75) is 32.6 Å². The minimum Gasteiger partial charge on any atom is -0.508 e. The van der Waals surface area contributed by atoms with E-state index in [1.54, 1.807) is 0 Å². The summed E-state index contributed by atoms with van der Waals surface area (Å²) in [6, 6.07) is 6.08. The first kappa shape index (κ1) is 10.3. The zero-order valence-corrected chi connectivity index (χ0v) is 9.37. The molecule has 0 atom stereocenters. The normalized spacial score (nSPS) is 16.7. The molecule has 1 saturated heterocycles. The van der Waals surface area contributed by atoms with Crippen LogP contribution < -0.4 is 4.90 Å². The maximum atomic E-state index is 9.80. The highest BCUT2D eigenvalue weighted by Crippen LogP contribution is 2.26. The number of hydrogen-bond donors (Lipinski definition) is 1. The monoisotopic (exact) mass is 205 g/mol. The molecule has 15 heavy (non-hydrogen) atoms. The van der Waals surface area contributed by atoms with Gasteiger partial charge in [-0.05, 0) is 37.3 Å². The molecule has 1 aromatic carbocycles. The highest BCUT2D eigenvalue weighted by molar-refractivity contribution is 5.53. The zero-order chi connectivity index (χ0) is 10.7. The molecule has 1 heterocycles. The topological polar surface area (TPSA) is 23.5 Å². The smallest absolute Gasteiger partial charge is 0.120 e. The Morgan fingerprint density at radius 2 is 1.93 bits per heavy atom. The maximum absolute atomic E-state index is 9.80. The van der Waals surface area contributed by atoms with E-state index in [4.69, 9.17) is 0 Å². The van der Waals surface area contributed by atoms with Crippen molar-refractivity contribution >= 4 is 5.69 Å². The minimum absolute atomic E-state index is 0.445. The lowest BCUT2D eigenvalue weighted by Crippen LogP contribution is -2.29. The Bertz CT molecular complexity index is 329. The molecule has 1 aliphatic heterocycles. The Balaban J connectivity index is 2.17. The minimum atomic E-state index is 0.445. The van der Waals surface area contributed by atoms with Crippen molar-refractivity contribution in [1.82, 2.24) is 0 Å². The van der Waals surface area contributed by atoms with Crippen molar-refractivity contribution in [1.29, 1.82) is 0 Å². The largest absolute Gasteiger partial charge is 0.508 e. The Hall–Kier alpha value is -1.18. The molecule has 0 saturated carbocycles. The number of anilines is 1. The third kappa shape index (κ3) is 2.25. The van der Waals surface area contributed by atoms with Gasteiger partial charge in [-0.15, -0.1) is 0 Å². The third-order valence-electron chi connectivity index (χ3n) is 3.17. The number of phenols is 1. The second-order valence-electron chi connectivity index (χ2n) is 4.21. The number of benzene rings is 1. The van der Waals surface area contributed by atoms with Crippen LogP contribution in [-0.4, -0.2) is 18.2 Å². The van der Waals surface area contributed by atoms with Crippen molar-refractivity contribution < 1.29 is 5.11 Å². The number of hydrogen-bond acceptors (Lipinski definition) is 2. The summed E-state index contributed by atoms with van der Waals surface area (Å²) in [5, 5.41) is 9.80. The molecule has 0 radical (unpaired) electrons. The molecular formula is C13H19NO. The van der Waals surface area contributed by atoms with Gasteiger partial charge in [0.2, 0.25) is 0 Å². The molecule has 2 heteroatoms. The molecule has 0 aromatic heterocycles. The fourth-order valence-electron chi connectivity index (χ4n) is 2.20. The molecule has 0 bridgehead atoms. The van der Waals surface area contributed by atoms with E-state index >= 15 is 0 Å². The van der Waals surface area contributed by atoms with Gasteiger partial charge in [-0.25, -0.2) is 0 Å². The van der Waals surface area contributed by atoms with E-state index in [1.807, 2.05) is 12.1 Å². The molecule has 1 N–H and O–H groups in total. The Morgan fingerprint density at radius 3 is 2.53 bits per heavy atom. The van der Waals surface area contributed by atoms with Crippen LogP contribution in [0.2, 0.25) is 0 Å². The lowest BCUT2D eigenvalue weighted by Gasteiger charge is -2.29. The van der Waals surface area contributed by atoms with Gasteiger partial charge in [0.25, 0.3) is 0 Å². The molecule has 1 fully saturated rings. The fraction of sp³-hybridized carbons (Fsp3) is 0.538. The lowest BCUT2D eigenvalue weighted by atomic mass is 10.1. The number of aryl methyl sites for hydroxylation is 1. The van der Waals surface area contributed by atoms with E-state index in [0.29, 0.717) is 5.75 Å². The van der Waals surface area contributed by atoms with Gasteiger partial charge in [0.05, 0.1) is 0 Å². The van der Waals surface area contributed by atoms with Crippen LogP contribution in [-0.2, 0) is 6.42 Å². The van der Waals surface area contributed by atoms with Gasteiger partial charge in [0, 0.05) is 24.8 Å². The number of piperidine rings is 1. The van der Waals surface area contributed by atoms with Crippen LogP contribution in [0, 0.1) is 0 Å². The second kappa shape index (κ2) is 4.56. The predicted octanol–water partition coefficient (Wildman–Crippen LogP) is 2.94. The van der Waals surface area contributed by atoms with Gasteiger partial charge in [-0.3, -0.25) is 0 Å². The number of aromatic hydroxyl groups is 1. The average molecular weight is 205 g/mol. The summed E-state index contributed by atoms with van der Waals surface area (Å²) in [6.07, 6.45) is 4.79. The summed E-state index contributed by atoms with van der Waals surface area (Å²) in [5.74, 6) is 0.445. The summed E-state index contributed by atoms with van der Waals surface area (Å²) in [6.45, 7) is 4.32. The van der Waals surface area contributed by atoms with Crippen LogP contribution in [0.5, 0.6) is 5.75 Å². The van der Waals surface area contributed by atoms with Crippen molar-refractivity contribution in [2.75, 3.05) is 18.0 Å². The summed E-state index contributed by atoms with van der Waals surface area (Å²) < 4.78 is 0. The molecule has 1 aromatic rings. The first-order valence-electron chi connectivity index (χ1n) is 5.88. The van der Waals surface area contributed by atoms with Gasteiger partial charge in [-0.2, -0.15) is 0 Å². The summed E-state index contributed by atoms with van der Waals surface area (Å²) >= 11 is 0. The molecule has 0 aliphatic carbocycles. The van der Waals surface area contributed by atoms with Crippen LogP contribution in [0.1, 0.15) is 31.7 Å². The molecule has 2 nitrogen and oxygen atoms in total. The van der Waals surface area contributed by atoms with Crippen molar-refractivity contribution in [3.8, 4) is 5.75 Å². The van der Waals surface area contributed by atoms with Crippen LogP contribution in [0.25, 0.3) is 0 Å². The SMILES string of the molecule is CCc1ccc(N2CCCCC2)cc1O. The molecule has 0 amide bonds. The molecular weight excluding hydrogens is 186 g/mol. The molecule has 0 unspecified atom stereocenters. The van der Waals surface area contributed by atoms with Gasteiger partial charge < -0.3 is 10.0 Å². The van der Waals surface area contributed by atoms with Crippen LogP contribution >= 0.6 is 0 Å². The van der Waals surface area contributed by atoms with Crippen molar-refractivity contribution in [3.05, 3.63) is 23.8 Å². The first-order chi connectivity index (χ1) is 7.31. The Kier molecular flexibility index (Phi) is 3.14. The number of phenolic OH excluding ortho intramolecular Hbond substituents is 1. The third-order valence-corrected chi connectivity index (χ3v) is 3.17. The van der Waals surface area contributed by atoms with Crippen LogP contribution in [0.15, 0.2) is 18.2 Å². The van der Waals surface area contributed by atoms with Crippen LogP contribution in [0.4, 0.5) is 5.69 Å². The highest BCUT2D eigenvalue weighted by Gasteiger charge is 2.11. The van der Waals surface area contributed by atoms with Gasteiger partial charge in [-0.1, -0.05) is 13.0 Å². The fourth-order valence-corrected chi connectivity index (χ4v) is 2.20. The molecule has 0 spiro atoms. The summed E-state index contributed by atoms with van der Waals surface area (Å²) in [7, 11) is 0. The highest BCUT2D eigenvalue weighted by atomic mass is 16.3. The number of rotatable bonds is 2. The molecule has 82 valence electrons. The molecule has 1 aliphatic rings. The lowest BCUT2D eigenvalue weighted by molar-refractivity contribution is 0.468. The number of nitrogens with zero attached hydrogens (tertiary/aromatic N) is 1. The van der Waals surface area contributed by atoms with E-state index in [2.05, 4.69) is 17.9 Å². The summed E-state index contributed by atoms with van der Waals surface area (Å²) in [4.78, 5) is 2.36. The van der Waals surface area contributed by atoms with E-state index in [0.717, 1.165) is 25.1 Å². The van der Waals surface area contributed by atoms with E-state index in [1.165, 1.54) is 24.9 Å². The van der Waals surface area contributed by atoms with Gasteiger partial charge >= 0.3 is 0 Å². The van der Waals surface area contributed by atoms with Gasteiger partial charge in [0.15, 0.2) is 0 Å². The maximum Gasteiger partial charge on any atom is 0.120 e. The zero-order valence-electron chi connectivity index (χ0n) is 9.37. The van der Waals surface area contributed by atoms with Gasteiger partial charge in [0.1, 0.15) is 5.75 Å².